The molecule has 0 aliphatic rings. The zero-order valence-electron chi connectivity index (χ0n) is 12.0. The molecule has 0 saturated heterocycles. The number of amides is 2. The maximum atomic E-state index is 13.1. The molecule has 1 aromatic carbocycles. The van der Waals surface area contributed by atoms with Gasteiger partial charge in [0.25, 0.3) is 5.91 Å². The van der Waals surface area contributed by atoms with Crippen LogP contribution in [-0.2, 0) is 4.79 Å². The molecule has 3 rings (SSSR count). The molecule has 3 aromatic rings. The maximum Gasteiger partial charge on any atom is 0.287 e. The van der Waals surface area contributed by atoms with Gasteiger partial charge in [0.05, 0.1) is 16.5 Å². The molecule has 0 spiro atoms. The van der Waals surface area contributed by atoms with Crippen molar-refractivity contribution >= 4 is 38.5 Å². The lowest BCUT2D eigenvalue weighted by Crippen LogP contribution is -2.41. The molecule has 0 bridgehead atoms. The van der Waals surface area contributed by atoms with E-state index in [1.165, 1.54) is 24.5 Å². The summed E-state index contributed by atoms with van der Waals surface area (Å²) in [5.41, 5.74) is 0.596. The standard InChI is InChI=1S/C15H12FN3O3S/c1-8(17-14(21)11-3-2-6-22-11)13(20)19-15-18-10-5-4-9(16)7-12(10)23-15/h2-8H,1H3,(H,17,21)(H,18,19,20). The van der Waals surface area contributed by atoms with Gasteiger partial charge in [-0.3, -0.25) is 9.59 Å². The Hall–Kier alpha value is -2.74. The molecule has 6 nitrogen and oxygen atoms in total. The Morgan fingerprint density at radius 1 is 1.35 bits per heavy atom. The predicted octanol–water partition coefficient (Wildman–Crippen LogP) is 2.79. The molecule has 0 radical (unpaired) electrons. The Balaban J connectivity index is 1.66. The van der Waals surface area contributed by atoms with Gasteiger partial charge in [-0.2, -0.15) is 0 Å². The minimum absolute atomic E-state index is 0.125. The molecule has 1 unspecified atom stereocenters. The number of thiazole rings is 1. The summed E-state index contributed by atoms with van der Waals surface area (Å²) in [5, 5.41) is 5.46. The Kier molecular flexibility index (Phi) is 4.07. The fraction of sp³-hybridized carbons (Fsp3) is 0.133. The van der Waals surface area contributed by atoms with Crippen molar-refractivity contribution in [2.75, 3.05) is 5.32 Å². The zero-order chi connectivity index (χ0) is 16.4. The van der Waals surface area contributed by atoms with Crippen molar-refractivity contribution in [2.24, 2.45) is 0 Å². The highest BCUT2D eigenvalue weighted by molar-refractivity contribution is 7.22. The van der Waals surface area contributed by atoms with Gasteiger partial charge in [0, 0.05) is 0 Å². The van der Waals surface area contributed by atoms with Crippen LogP contribution in [0, 0.1) is 5.82 Å². The van der Waals surface area contributed by atoms with Gasteiger partial charge in [0.2, 0.25) is 5.91 Å². The summed E-state index contributed by atoms with van der Waals surface area (Å²) in [4.78, 5) is 28.1. The van der Waals surface area contributed by atoms with E-state index in [0.717, 1.165) is 11.3 Å². The molecule has 1 atom stereocenters. The molecular formula is C15H12FN3O3S. The minimum atomic E-state index is -0.781. The number of hydrogen-bond acceptors (Lipinski definition) is 5. The number of benzene rings is 1. The van der Waals surface area contributed by atoms with E-state index in [1.807, 2.05) is 0 Å². The zero-order valence-corrected chi connectivity index (χ0v) is 12.8. The first-order chi connectivity index (χ1) is 11.0. The number of fused-ring (bicyclic) bond motifs is 1. The van der Waals surface area contributed by atoms with Crippen LogP contribution in [0.5, 0.6) is 0 Å². The predicted molar refractivity (Wildman–Crippen MR) is 83.8 cm³/mol. The van der Waals surface area contributed by atoms with Crippen molar-refractivity contribution in [1.29, 1.82) is 0 Å². The molecule has 2 amide bonds. The third kappa shape index (κ3) is 3.37. The molecule has 2 heterocycles. The van der Waals surface area contributed by atoms with E-state index in [9.17, 15) is 14.0 Å². The van der Waals surface area contributed by atoms with Gasteiger partial charge in [-0.05, 0) is 37.3 Å². The largest absolute Gasteiger partial charge is 0.459 e. The Labute approximate surface area is 134 Å². The number of halogens is 1. The molecule has 0 fully saturated rings. The molecule has 2 aromatic heterocycles. The van der Waals surface area contributed by atoms with E-state index in [0.29, 0.717) is 15.3 Å². The smallest absolute Gasteiger partial charge is 0.287 e. The summed E-state index contributed by atoms with van der Waals surface area (Å²) in [6.45, 7) is 1.54. The molecule has 0 aliphatic carbocycles. The fourth-order valence-electron chi connectivity index (χ4n) is 1.91. The first-order valence-electron chi connectivity index (χ1n) is 6.74. The topological polar surface area (TPSA) is 84.2 Å². The normalized spacial score (nSPS) is 12.1. The van der Waals surface area contributed by atoms with Crippen LogP contribution in [0.15, 0.2) is 41.0 Å². The van der Waals surface area contributed by atoms with Crippen LogP contribution in [0.25, 0.3) is 10.2 Å². The van der Waals surface area contributed by atoms with E-state index in [2.05, 4.69) is 15.6 Å². The van der Waals surface area contributed by atoms with E-state index >= 15 is 0 Å². The van der Waals surface area contributed by atoms with Crippen molar-refractivity contribution in [2.45, 2.75) is 13.0 Å². The highest BCUT2D eigenvalue weighted by Crippen LogP contribution is 2.26. The molecule has 8 heteroatoms. The second-order valence-electron chi connectivity index (χ2n) is 4.79. The van der Waals surface area contributed by atoms with Gasteiger partial charge in [0.15, 0.2) is 10.9 Å². The van der Waals surface area contributed by atoms with Crippen molar-refractivity contribution < 1.29 is 18.4 Å². The number of anilines is 1. The molecule has 0 aliphatic heterocycles. The average molecular weight is 333 g/mol. The summed E-state index contributed by atoms with van der Waals surface area (Å²) >= 11 is 1.16. The first kappa shape index (κ1) is 15.2. The quantitative estimate of drug-likeness (QED) is 0.769. The van der Waals surface area contributed by atoms with Gasteiger partial charge in [0.1, 0.15) is 11.9 Å². The molecule has 0 saturated carbocycles. The second-order valence-corrected chi connectivity index (χ2v) is 5.82. The summed E-state index contributed by atoms with van der Waals surface area (Å²) in [6, 6.07) is 6.50. The number of nitrogens with zero attached hydrogens (tertiary/aromatic N) is 1. The fourth-order valence-corrected chi connectivity index (χ4v) is 2.80. The van der Waals surface area contributed by atoms with E-state index in [4.69, 9.17) is 4.42 Å². The van der Waals surface area contributed by atoms with Crippen LogP contribution in [0.2, 0.25) is 0 Å². The van der Waals surface area contributed by atoms with Crippen LogP contribution < -0.4 is 10.6 Å². The monoisotopic (exact) mass is 333 g/mol. The van der Waals surface area contributed by atoms with Crippen molar-refractivity contribution in [3.63, 3.8) is 0 Å². The Morgan fingerprint density at radius 2 is 2.17 bits per heavy atom. The van der Waals surface area contributed by atoms with Crippen LogP contribution in [0.4, 0.5) is 9.52 Å². The van der Waals surface area contributed by atoms with Gasteiger partial charge in [-0.25, -0.2) is 9.37 Å². The summed E-state index contributed by atoms with van der Waals surface area (Å²) < 4.78 is 18.7. The van der Waals surface area contributed by atoms with Crippen LogP contribution >= 0.6 is 11.3 Å². The lowest BCUT2D eigenvalue weighted by Gasteiger charge is -2.11. The highest BCUT2D eigenvalue weighted by atomic mass is 32.1. The molecular weight excluding hydrogens is 321 g/mol. The van der Waals surface area contributed by atoms with Gasteiger partial charge in [-0.1, -0.05) is 11.3 Å². The Morgan fingerprint density at radius 3 is 2.91 bits per heavy atom. The first-order valence-corrected chi connectivity index (χ1v) is 7.56. The average Bonchev–Trinajstić information content (AvgIpc) is 3.15. The number of aromatic nitrogens is 1. The summed E-state index contributed by atoms with van der Waals surface area (Å²) in [7, 11) is 0. The van der Waals surface area contributed by atoms with Crippen molar-refractivity contribution in [3.8, 4) is 0 Å². The van der Waals surface area contributed by atoms with Crippen LogP contribution in [0.3, 0.4) is 0 Å². The van der Waals surface area contributed by atoms with Crippen LogP contribution in [-0.4, -0.2) is 22.8 Å². The second kappa shape index (κ2) is 6.17. The third-order valence-corrected chi connectivity index (χ3v) is 4.00. The molecule has 118 valence electrons. The Bertz CT molecular complexity index is 860. The lowest BCUT2D eigenvalue weighted by atomic mass is 10.3. The van der Waals surface area contributed by atoms with Crippen molar-refractivity contribution in [3.05, 3.63) is 48.2 Å². The highest BCUT2D eigenvalue weighted by Gasteiger charge is 2.19. The number of rotatable bonds is 4. The number of nitrogens with one attached hydrogen (secondary N) is 2. The minimum Gasteiger partial charge on any atom is -0.459 e. The summed E-state index contributed by atoms with van der Waals surface area (Å²) in [5.74, 6) is -1.15. The number of carbonyl (C=O) groups excluding carboxylic acids is 2. The van der Waals surface area contributed by atoms with E-state index in [-0.39, 0.29) is 11.6 Å². The van der Waals surface area contributed by atoms with Crippen LogP contribution in [0.1, 0.15) is 17.5 Å². The molecule has 23 heavy (non-hydrogen) atoms. The third-order valence-electron chi connectivity index (χ3n) is 3.07. The van der Waals surface area contributed by atoms with E-state index in [1.54, 1.807) is 19.1 Å². The number of carbonyl (C=O) groups is 2. The molecule has 2 N–H and O–H groups in total. The lowest BCUT2D eigenvalue weighted by molar-refractivity contribution is -0.117. The number of furan rings is 1. The SMILES string of the molecule is CC(NC(=O)c1ccco1)C(=O)Nc1nc2ccc(F)cc2s1. The number of hydrogen-bond donors (Lipinski definition) is 2. The van der Waals surface area contributed by atoms with Gasteiger partial charge < -0.3 is 15.1 Å². The van der Waals surface area contributed by atoms with Crippen molar-refractivity contribution in [1.82, 2.24) is 10.3 Å². The van der Waals surface area contributed by atoms with Gasteiger partial charge in [-0.15, -0.1) is 0 Å². The maximum absolute atomic E-state index is 13.1. The van der Waals surface area contributed by atoms with E-state index < -0.39 is 17.9 Å². The summed E-state index contributed by atoms with van der Waals surface area (Å²) in [6.07, 6.45) is 1.37. The van der Waals surface area contributed by atoms with Gasteiger partial charge >= 0.3 is 0 Å².